The lowest BCUT2D eigenvalue weighted by Gasteiger charge is -2.35. The molecule has 0 bridgehead atoms. The van der Waals surface area contributed by atoms with E-state index in [1.54, 1.807) is 7.11 Å². The molecule has 2 N–H and O–H groups in total. The van der Waals surface area contributed by atoms with Crippen LogP contribution in [0.1, 0.15) is 26.2 Å². The minimum atomic E-state index is -0.178. The molecule has 0 radical (unpaired) electrons. The Kier molecular flexibility index (Phi) is 9.62. The number of halogens is 1. The normalized spacial score (nSPS) is 29.3. The van der Waals surface area contributed by atoms with Crippen LogP contribution >= 0.6 is 24.0 Å². The van der Waals surface area contributed by atoms with E-state index in [1.807, 2.05) is 0 Å². The first-order valence-electron chi connectivity index (χ1n) is 8.06. The summed E-state index contributed by atoms with van der Waals surface area (Å²) in [6.07, 6.45) is 3.04. The largest absolute Gasteiger partial charge is 0.393 e. The Labute approximate surface area is 150 Å². The van der Waals surface area contributed by atoms with Crippen molar-refractivity contribution in [3.05, 3.63) is 0 Å². The van der Waals surface area contributed by atoms with Gasteiger partial charge in [0.25, 0.3) is 0 Å². The van der Waals surface area contributed by atoms with E-state index in [9.17, 15) is 5.11 Å². The average Bonchev–Trinajstić information content (AvgIpc) is 2.89. The van der Waals surface area contributed by atoms with Crippen molar-refractivity contribution >= 4 is 29.9 Å². The number of nitrogens with zero attached hydrogens (tertiary/aromatic N) is 2. The van der Waals surface area contributed by atoms with Crippen LogP contribution in [0.3, 0.4) is 0 Å². The van der Waals surface area contributed by atoms with Crippen molar-refractivity contribution in [2.75, 3.05) is 46.5 Å². The molecule has 6 nitrogen and oxygen atoms in total. The van der Waals surface area contributed by atoms with Crippen molar-refractivity contribution in [1.82, 2.24) is 10.2 Å². The monoisotopic (exact) mass is 427 g/mol. The average molecular weight is 427 g/mol. The number of hydrogen-bond donors (Lipinski definition) is 2. The predicted molar refractivity (Wildman–Crippen MR) is 97.9 cm³/mol. The molecule has 1 aliphatic heterocycles. The molecule has 3 atom stereocenters. The molecule has 1 saturated heterocycles. The number of aliphatic hydroxyl groups excluding tert-OH is 1. The van der Waals surface area contributed by atoms with Crippen molar-refractivity contribution in [2.24, 2.45) is 10.9 Å². The Bertz CT molecular complexity index is 342. The number of rotatable bonds is 5. The van der Waals surface area contributed by atoms with E-state index in [-0.39, 0.29) is 36.2 Å². The Morgan fingerprint density at radius 2 is 2.27 bits per heavy atom. The summed E-state index contributed by atoms with van der Waals surface area (Å²) in [7, 11) is 1.70. The molecule has 1 heterocycles. The van der Waals surface area contributed by atoms with Crippen LogP contribution in [0.15, 0.2) is 4.99 Å². The van der Waals surface area contributed by atoms with Crippen molar-refractivity contribution in [3.8, 4) is 0 Å². The Morgan fingerprint density at radius 1 is 1.45 bits per heavy atom. The zero-order chi connectivity index (χ0) is 15.1. The van der Waals surface area contributed by atoms with Crippen LogP contribution in [0, 0.1) is 5.92 Å². The molecule has 0 aromatic carbocycles. The maximum Gasteiger partial charge on any atom is 0.194 e. The van der Waals surface area contributed by atoms with E-state index in [2.05, 4.69) is 17.1 Å². The molecule has 2 fully saturated rings. The summed E-state index contributed by atoms with van der Waals surface area (Å²) >= 11 is 0. The summed E-state index contributed by atoms with van der Waals surface area (Å²) in [6, 6.07) is 0. The third-order valence-corrected chi connectivity index (χ3v) is 4.22. The minimum Gasteiger partial charge on any atom is -0.393 e. The highest BCUT2D eigenvalue weighted by atomic mass is 127. The highest BCUT2D eigenvalue weighted by Crippen LogP contribution is 2.25. The summed E-state index contributed by atoms with van der Waals surface area (Å²) in [5.74, 6) is 1.25. The third-order valence-electron chi connectivity index (χ3n) is 4.22. The second kappa shape index (κ2) is 10.6. The second-order valence-electron chi connectivity index (χ2n) is 5.85. The van der Waals surface area contributed by atoms with E-state index in [1.165, 1.54) is 0 Å². The van der Waals surface area contributed by atoms with Gasteiger partial charge in [-0.25, -0.2) is 0 Å². The van der Waals surface area contributed by atoms with E-state index in [0.29, 0.717) is 25.7 Å². The molecule has 2 rings (SSSR count). The fourth-order valence-corrected chi connectivity index (χ4v) is 3.06. The number of hydrogen-bond acceptors (Lipinski definition) is 4. The smallest absolute Gasteiger partial charge is 0.194 e. The molecule has 1 saturated carbocycles. The summed E-state index contributed by atoms with van der Waals surface area (Å²) in [5.41, 5.74) is 0. The molecule has 1 aliphatic carbocycles. The van der Waals surface area contributed by atoms with Crippen LogP contribution in [0.2, 0.25) is 0 Å². The van der Waals surface area contributed by atoms with Crippen molar-refractivity contribution in [3.63, 3.8) is 0 Å². The quantitative estimate of drug-likeness (QED) is 0.391. The van der Waals surface area contributed by atoms with Crippen LogP contribution in [0.5, 0.6) is 0 Å². The number of nitrogens with one attached hydrogen (secondary N) is 1. The maximum absolute atomic E-state index is 9.91. The van der Waals surface area contributed by atoms with Gasteiger partial charge >= 0.3 is 0 Å². The van der Waals surface area contributed by atoms with Crippen LogP contribution in [-0.4, -0.2) is 74.7 Å². The molecular formula is C15H30IN3O3. The van der Waals surface area contributed by atoms with E-state index in [0.717, 1.165) is 44.9 Å². The van der Waals surface area contributed by atoms with Gasteiger partial charge < -0.3 is 24.8 Å². The number of guanidine groups is 1. The number of morpholine rings is 1. The van der Waals surface area contributed by atoms with Gasteiger partial charge in [0, 0.05) is 39.2 Å². The van der Waals surface area contributed by atoms with Gasteiger partial charge in [0.2, 0.25) is 0 Å². The molecule has 130 valence electrons. The molecule has 22 heavy (non-hydrogen) atoms. The summed E-state index contributed by atoms with van der Waals surface area (Å²) in [5, 5.41) is 13.3. The minimum absolute atomic E-state index is 0. The lowest BCUT2D eigenvalue weighted by molar-refractivity contribution is -0.0447. The lowest BCUT2D eigenvalue weighted by Crippen LogP contribution is -2.51. The highest BCUT2D eigenvalue weighted by Gasteiger charge is 2.26. The Morgan fingerprint density at radius 3 is 2.91 bits per heavy atom. The zero-order valence-electron chi connectivity index (χ0n) is 13.7. The van der Waals surface area contributed by atoms with Gasteiger partial charge in [-0.2, -0.15) is 0 Å². The molecule has 0 aromatic heterocycles. The predicted octanol–water partition coefficient (Wildman–Crippen LogP) is 1.08. The topological polar surface area (TPSA) is 66.3 Å². The van der Waals surface area contributed by atoms with Crippen LogP contribution in [0.4, 0.5) is 0 Å². The standard InChI is InChI=1S/C15H29N3O3.HI/c1-3-16-15(17-9-12-5-4-6-14(12)19)18-7-8-21-13(10-18)11-20-2;/h12-14,19H,3-11H2,1-2H3,(H,16,17);1H. The first-order valence-corrected chi connectivity index (χ1v) is 8.06. The summed E-state index contributed by atoms with van der Waals surface area (Å²) in [4.78, 5) is 6.97. The maximum atomic E-state index is 9.91. The van der Waals surface area contributed by atoms with Gasteiger partial charge in [-0.1, -0.05) is 6.42 Å². The molecular weight excluding hydrogens is 397 g/mol. The van der Waals surface area contributed by atoms with Gasteiger partial charge in [0.15, 0.2) is 5.96 Å². The first kappa shape index (κ1) is 19.9. The molecule has 7 heteroatoms. The fraction of sp³-hybridized carbons (Fsp3) is 0.933. The third kappa shape index (κ3) is 5.82. The zero-order valence-corrected chi connectivity index (χ0v) is 16.0. The molecule has 0 spiro atoms. The SMILES string of the molecule is CCNC(=NCC1CCCC1O)N1CCOC(COC)C1.I. The van der Waals surface area contributed by atoms with E-state index in [4.69, 9.17) is 14.5 Å². The highest BCUT2D eigenvalue weighted by molar-refractivity contribution is 14.0. The van der Waals surface area contributed by atoms with Gasteiger partial charge in [0.1, 0.15) is 0 Å². The molecule has 0 amide bonds. The summed E-state index contributed by atoms with van der Waals surface area (Å²) in [6.45, 7) is 6.58. The number of methoxy groups -OCH3 is 1. The van der Waals surface area contributed by atoms with Crippen LogP contribution in [0.25, 0.3) is 0 Å². The van der Waals surface area contributed by atoms with E-state index < -0.39 is 0 Å². The lowest BCUT2D eigenvalue weighted by atomic mass is 10.1. The van der Waals surface area contributed by atoms with Crippen molar-refractivity contribution < 1.29 is 14.6 Å². The van der Waals surface area contributed by atoms with Crippen LogP contribution in [-0.2, 0) is 9.47 Å². The number of ether oxygens (including phenoxy) is 2. The molecule has 2 aliphatic rings. The van der Waals surface area contributed by atoms with Gasteiger partial charge in [-0.05, 0) is 19.8 Å². The van der Waals surface area contributed by atoms with Gasteiger partial charge in [0.05, 0.1) is 25.4 Å². The second-order valence-corrected chi connectivity index (χ2v) is 5.85. The molecule has 0 aromatic rings. The van der Waals surface area contributed by atoms with Crippen LogP contribution < -0.4 is 5.32 Å². The Balaban J connectivity index is 0.00000242. The molecule has 3 unspecified atom stereocenters. The number of aliphatic hydroxyl groups is 1. The van der Waals surface area contributed by atoms with E-state index >= 15 is 0 Å². The van der Waals surface area contributed by atoms with Gasteiger partial charge in [-0.15, -0.1) is 24.0 Å². The first-order chi connectivity index (χ1) is 10.2. The Hall–Kier alpha value is -0.120. The van der Waals surface area contributed by atoms with Crippen molar-refractivity contribution in [2.45, 2.75) is 38.4 Å². The number of aliphatic imine (C=N–C) groups is 1. The van der Waals surface area contributed by atoms with Gasteiger partial charge in [-0.3, -0.25) is 4.99 Å². The fourth-order valence-electron chi connectivity index (χ4n) is 3.06. The summed E-state index contributed by atoms with van der Waals surface area (Å²) < 4.78 is 10.9. The van der Waals surface area contributed by atoms with Crippen molar-refractivity contribution in [1.29, 1.82) is 0 Å².